The average Bonchev–Trinajstić information content (AvgIpc) is 2.77. The average molecular weight is 289 g/mol. The van der Waals surface area contributed by atoms with Crippen molar-refractivity contribution < 1.29 is 9.53 Å². The number of nitrogens with one attached hydrogen (secondary N) is 1. The molecule has 1 aromatic carbocycles. The molecule has 0 aliphatic rings. The molecule has 2 aromatic rings. The first-order valence-electron chi connectivity index (χ1n) is 7.26. The minimum absolute atomic E-state index is 0.0642. The van der Waals surface area contributed by atoms with Crippen LogP contribution in [0.5, 0.6) is 0 Å². The molecule has 21 heavy (non-hydrogen) atoms. The minimum atomic E-state index is -0.154. The molecule has 114 valence electrons. The lowest BCUT2D eigenvalue weighted by atomic mass is 10.2. The second-order valence-electron chi connectivity index (χ2n) is 5.69. The fraction of sp³-hybridized carbons (Fsp3) is 0.500. The van der Waals surface area contributed by atoms with Crippen LogP contribution in [0.2, 0.25) is 0 Å². The van der Waals surface area contributed by atoms with Gasteiger partial charge >= 0.3 is 0 Å². The van der Waals surface area contributed by atoms with Gasteiger partial charge in [-0.2, -0.15) is 0 Å². The second kappa shape index (κ2) is 6.72. The van der Waals surface area contributed by atoms with E-state index in [0.717, 1.165) is 23.4 Å². The van der Waals surface area contributed by atoms with Gasteiger partial charge in [0, 0.05) is 13.7 Å². The van der Waals surface area contributed by atoms with Gasteiger partial charge in [0.15, 0.2) is 0 Å². The Balaban J connectivity index is 2.35. The Bertz CT molecular complexity index is 619. The van der Waals surface area contributed by atoms with Gasteiger partial charge in [0.1, 0.15) is 12.4 Å². The molecule has 1 aromatic heterocycles. The first kappa shape index (κ1) is 15.5. The zero-order chi connectivity index (χ0) is 15.4. The number of benzene rings is 1. The quantitative estimate of drug-likeness (QED) is 0.889. The third-order valence-corrected chi connectivity index (χ3v) is 3.27. The van der Waals surface area contributed by atoms with Crippen molar-refractivity contribution in [2.45, 2.75) is 33.4 Å². The molecule has 0 bridgehead atoms. The summed E-state index contributed by atoms with van der Waals surface area (Å²) in [4.78, 5) is 16.4. The second-order valence-corrected chi connectivity index (χ2v) is 5.69. The summed E-state index contributed by atoms with van der Waals surface area (Å²) in [5, 5.41) is 2.92. The van der Waals surface area contributed by atoms with Crippen molar-refractivity contribution in [3.8, 4) is 0 Å². The smallest absolute Gasteiger partial charge is 0.246 e. The maximum atomic E-state index is 11.7. The summed E-state index contributed by atoms with van der Waals surface area (Å²) in [6.07, 6.45) is 0. The van der Waals surface area contributed by atoms with Crippen LogP contribution in [0.3, 0.4) is 0 Å². The van der Waals surface area contributed by atoms with Crippen molar-refractivity contribution in [3.63, 3.8) is 0 Å². The molecule has 1 amide bonds. The van der Waals surface area contributed by atoms with Crippen molar-refractivity contribution in [1.82, 2.24) is 14.9 Å². The maximum Gasteiger partial charge on any atom is 0.246 e. The van der Waals surface area contributed by atoms with E-state index in [2.05, 4.69) is 34.8 Å². The lowest BCUT2D eigenvalue weighted by Crippen LogP contribution is -2.31. The van der Waals surface area contributed by atoms with Crippen molar-refractivity contribution >= 4 is 16.9 Å². The lowest BCUT2D eigenvalue weighted by molar-refractivity contribution is -0.125. The van der Waals surface area contributed by atoms with E-state index in [1.54, 1.807) is 0 Å². The van der Waals surface area contributed by atoms with Crippen molar-refractivity contribution in [3.05, 3.63) is 30.1 Å². The predicted octanol–water partition coefficient (Wildman–Crippen LogP) is 2.52. The minimum Gasteiger partial charge on any atom is -0.375 e. The summed E-state index contributed by atoms with van der Waals surface area (Å²) in [5.74, 6) is 1.26. The van der Waals surface area contributed by atoms with Crippen molar-refractivity contribution in [2.75, 3.05) is 13.7 Å². The number of ether oxygens (including phenoxy) is 1. The molecule has 0 saturated heterocycles. The Morgan fingerprint density at radius 2 is 2.05 bits per heavy atom. The molecule has 2 rings (SSSR count). The van der Waals surface area contributed by atoms with Gasteiger partial charge in [-0.05, 0) is 25.0 Å². The molecule has 1 heterocycles. The summed E-state index contributed by atoms with van der Waals surface area (Å²) in [5.41, 5.74) is 2.06. The third kappa shape index (κ3) is 3.61. The molecule has 0 radical (unpaired) electrons. The number of rotatable bonds is 6. The Hall–Kier alpha value is -1.88. The molecule has 1 unspecified atom stereocenters. The van der Waals surface area contributed by atoms with Gasteiger partial charge in [-0.15, -0.1) is 0 Å². The molecule has 5 heteroatoms. The number of hydrogen-bond donors (Lipinski definition) is 1. The molecule has 0 spiro atoms. The number of para-hydroxylation sites is 2. The van der Waals surface area contributed by atoms with E-state index >= 15 is 0 Å². The zero-order valence-corrected chi connectivity index (χ0v) is 13.1. The van der Waals surface area contributed by atoms with Crippen molar-refractivity contribution in [2.24, 2.45) is 5.92 Å². The van der Waals surface area contributed by atoms with Crippen LogP contribution in [0.4, 0.5) is 0 Å². The number of amides is 1. The van der Waals surface area contributed by atoms with E-state index in [1.165, 1.54) is 7.11 Å². The highest BCUT2D eigenvalue weighted by Gasteiger charge is 2.18. The number of carbonyl (C=O) groups excluding carboxylic acids is 1. The zero-order valence-electron chi connectivity index (χ0n) is 13.1. The molecule has 5 nitrogen and oxygen atoms in total. The molecule has 0 saturated carbocycles. The van der Waals surface area contributed by atoms with E-state index in [0.29, 0.717) is 5.92 Å². The SMILES string of the molecule is COCC(=O)NC(C)c1nc2ccccc2n1CC(C)C. The number of imidazole rings is 1. The van der Waals surface area contributed by atoms with E-state index in [4.69, 9.17) is 4.74 Å². The van der Waals surface area contributed by atoms with Crippen LogP contribution in [-0.4, -0.2) is 29.2 Å². The monoisotopic (exact) mass is 289 g/mol. The van der Waals surface area contributed by atoms with E-state index in [1.807, 2.05) is 25.1 Å². The maximum absolute atomic E-state index is 11.7. The van der Waals surface area contributed by atoms with Gasteiger partial charge in [-0.1, -0.05) is 26.0 Å². The highest BCUT2D eigenvalue weighted by atomic mass is 16.5. The number of hydrogen-bond acceptors (Lipinski definition) is 3. The first-order chi connectivity index (χ1) is 10.0. The summed E-state index contributed by atoms with van der Waals surface area (Å²) in [7, 11) is 1.51. The summed E-state index contributed by atoms with van der Waals surface area (Å²) in [6, 6.07) is 7.90. The summed E-state index contributed by atoms with van der Waals surface area (Å²) in [6.45, 7) is 7.24. The Morgan fingerprint density at radius 1 is 1.33 bits per heavy atom. The Labute approximate surface area is 125 Å². The highest BCUT2D eigenvalue weighted by Crippen LogP contribution is 2.22. The van der Waals surface area contributed by atoms with Crippen molar-refractivity contribution in [1.29, 1.82) is 0 Å². The molecule has 1 N–H and O–H groups in total. The Kier molecular flexibility index (Phi) is 4.96. The van der Waals surface area contributed by atoms with Crippen LogP contribution in [-0.2, 0) is 16.1 Å². The summed E-state index contributed by atoms with van der Waals surface area (Å²) < 4.78 is 7.05. The van der Waals surface area contributed by atoms with Crippen LogP contribution >= 0.6 is 0 Å². The first-order valence-corrected chi connectivity index (χ1v) is 7.26. The molecule has 0 fully saturated rings. The molecular formula is C16H23N3O2. The number of nitrogens with zero attached hydrogens (tertiary/aromatic N) is 2. The van der Waals surface area contributed by atoms with Crippen LogP contribution in [0.15, 0.2) is 24.3 Å². The number of fused-ring (bicyclic) bond motifs is 1. The lowest BCUT2D eigenvalue weighted by Gasteiger charge is -2.17. The number of methoxy groups -OCH3 is 1. The van der Waals surface area contributed by atoms with Crippen LogP contribution in [0.25, 0.3) is 11.0 Å². The molecule has 1 atom stereocenters. The standard InChI is InChI=1S/C16H23N3O2/c1-11(2)9-19-14-8-6-5-7-13(14)18-16(19)12(3)17-15(20)10-21-4/h5-8,11-12H,9-10H2,1-4H3,(H,17,20). The van der Waals surface area contributed by atoms with E-state index in [9.17, 15) is 4.79 Å². The molecule has 0 aliphatic heterocycles. The van der Waals surface area contributed by atoms with Crippen LogP contribution in [0, 0.1) is 5.92 Å². The topological polar surface area (TPSA) is 56.1 Å². The van der Waals surface area contributed by atoms with Gasteiger partial charge in [0.25, 0.3) is 0 Å². The van der Waals surface area contributed by atoms with Crippen LogP contribution < -0.4 is 5.32 Å². The molecular weight excluding hydrogens is 266 g/mol. The largest absolute Gasteiger partial charge is 0.375 e. The Morgan fingerprint density at radius 3 is 2.71 bits per heavy atom. The van der Waals surface area contributed by atoms with Gasteiger partial charge < -0.3 is 14.6 Å². The van der Waals surface area contributed by atoms with Gasteiger partial charge in [0.05, 0.1) is 17.1 Å². The summed E-state index contributed by atoms with van der Waals surface area (Å²) >= 11 is 0. The van der Waals surface area contributed by atoms with Gasteiger partial charge in [-0.3, -0.25) is 4.79 Å². The van der Waals surface area contributed by atoms with Crippen LogP contribution in [0.1, 0.15) is 32.6 Å². The number of aromatic nitrogens is 2. The molecule has 0 aliphatic carbocycles. The number of carbonyl (C=O) groups is 1. The van der Waals surface area contributed by atoms with E-state index < -0.39 is 0 Å². The highest BCUT2D eigenvalue weighted by molar-refractivity contribution is 5.78. The fourth-order valence-electron chi connectivity index (χ4n) is 2.46. The predicted molar refractivity (Wildman–Crippen MR) is 83.0 cm³/mol. The van der Waals surface area contributed by atoms with Gasteiger partial charge in [0.2, 0.25) is 5.91 Å². The van der Waals surface area contributed by atoms with Gasteiger partial charge in [-0.25, -0.2) is 4.98 Å². The fourth-order valence-corrected chi connectivity index (χ4v) is 2.46. The normalized spacial score (nSPS) is 12.8. The third-order valence-electron chi connectivity index (χ3n) is 3.27. The van der Waals surface area contributed by atoms with E-state index in [-0.39, 0.29) is 18.6 Å².